The van der Waals surface area contributed by atoms with E-state index in [1.807, 2.05) is 22.1 Å². The van der Waals surface area contributed by atoms with Gasteiger partial charge in [0.15, 0.2) is 0 Å². The first-order chi connectivity index (χ1) is 12.2. The molecule has 138 valence electrons. The fraction of sp³-hybridized carbons (Fsp3) is 0.650. The molecule has 1 aromatic rings. The predicted octanol–water partition coefficient (Wildman–Crippen LogP) is 2.92. The first kappa shape index (κ1) is 18.4. The number of nitrogens with zero attached hydrogens (tertiary/aromatic N) is 2. The zero-order valence-electron chi connectivity index (χ0n) is 15.3. The second kappa shape index (κ2) is 9.32. The highest BCUT2D eigenvalue weighted by Gasteiger charge is 2.24. The third-order valence-corrected chi connectivity index (χ3v) is 5.07. The number of hydrogen-bond acceptors (Lipinski definition) is 4. The molecule has 2 saturated heterocycles. The van der Waals surface area contributed by atoms with Crippen LogP contribution in [0, 0.1) is 6.92 Å². The average molecular weight is 346 g/mol. The van der Waals surface area contributed by atoms with E-state index in [-0.39, 0.29) is 12.0 Å². The first-order valence-electron chi connectivity index (χ1n) is 9.54. The molecule has 5 heteroatoms. The molecule has 2 aliphatic rings. The summed E-state index contributed by atoms with van der Waals surface area (Å²) in [5.41, 5.74) is 2.44. The minimum atomic E-state index is 0.180. The van der Waals surface area contributed by atoms with Crippen LogP contribution in [0.1, 0.15) is 43.2 Å². The van der Waals surface area contributed by atoms with E-state index in [0.717, 1.165) is 45.4 Å². The predicted molar refractivity (Wildman–Crippen MR) is 96.9 cm³/mol. The lowest BCUT2D eigenvalue weighted by atomic mass is 10.1. The molecule has 0 spiro atoms. The number of carbonyl (C=O) groups excluding carboxylic acids is 1. The molecule has 0 N–H and O–H groups in total. The van der Waals surface area contributed by atoms with Crippen LogP contribution in [0.3, 0.4) is 0 Å². The molecule has 0 aliphatic carbocycles. The zero-order valence-corrected chi connectivity index (χ0v) is 15.3. The lowest BCUT2D eigenvalue weighted by Crippen LogP contribution is -2.39. The number of hydrogen-bond donors (Lipinski definition) is 0. The van der Waals surface area contributed by atoms with Crippen LogP contribution in [-0.4, -0.2) is 54.8 Å². The van der Waals surface area contributed by atoms with Gasteiger partial charge in [-0.05, 0) is 43.7 Å². The number of ether oxygens (including phenoxy) is 1. The van der Waals surface area contributed by atoms with Crippen molar-refractivity contribution in [1.29, 1.82) is 0 Å². The van der Waals surface area contributed by atoms with Crippen molar-refractivity contribution < 1.29 is 14.4 Å². The highest BCUT2D eigenvalue weighted by atomic mass is 16.7. The van der Waals surface area contributed by atoms with Gasteiger partial charge in [-0.15, -0.1) is 0 Å². The molecule has 25 heavy (non-hydrogen) atoms. The Bertz CT molecular complexity index is 552. The van der Waals surface area contributed by atoms with E-state index in [2.05, 4.69) is 19.1 Å². The van der Waals surface area contributed by atoms with E-state index in [0.29, 0.717) is 26.1 Å². The minimum Gasteiger partial charge on any atom is -0.376 e. The zero-order chi connectivity index (χ0) is 17.5. The van der Waals surface area contributed by atoms with E-state index < -0.39 is 0 Å². The van der Waals surface area contributed by atoms with Gasteiger partial charge in [-0.3, -0.25) is 9.63 Å². The van der Waals surface area contributed by atoms with Gasteiger partial charge in [0, 0.05) is 39.2 Å². The molecule has 0 radical (unpaired) electrons. The topological polar surface area (TPSA) is 42.0 Å². The molecule has 1 aromatic carbocycles. The van der Waals surface area contributed by atoms with Gasteiger partial charge in [-0.2, -0.15) is 5.06 Å². The molecule has 0 bridgehead atoms. The van der Waals surface area contributed by atoms with E-state index in [4.69, 9.17) is 9.57 Å². The second-order valence-corrected chi connectivity index (χ2v) is 7.06. The van der Waals surface area contributed by atoms with Gasteiger partial charge in [0.1, 0.15) is 0 Å². The fourth-order valence-corrected chi connectivity index (χ4v) is 3.49. The first-order valence-corrected chi connectivity index (χ1v) is 9.54. The van der Waals surface area contributed by atoms with Crippen molar-refractivity contribution >= 4 is 5.91 Å². The number of amides is 1. The Morgan fingerprint density at radius 3 is 2.84 bits per heavy atom. The van der Waals surface area contributed by atoms with Gasteiger partial charge < -0.3 is 9.64 Å². The summed E-state index contributed by atoms with van der Waals surface area (Å²) < 4.78 is 5.77. The number of aryl methyl sites for hydroxylation is 1. The Morgan fingerprint density at radius 2 is 2.12 bits per heavy atom. The lowest BCUT2D eigenvalue weighted by Gasteiger charge is -2.29. The molecular formula is C20H30N2O3. The summed E-state index contributed by atoms with van der Waals surface area (Å²) in [6.45, 7) is 6.65. The van der Waals surface area contributed by atoms with Crippen LogP contribution in [0.2, 0.25) is 0 Å². The Morgan fingerprint density at radius 1 is 1.24 bits per heavy atom. The van der Waals surface area contributed by atoms with E-state index in [1.165, 1.54) is 11.1 Å². The molecule has 1 amide bonds. The highest BCUT2D eigenvalue weighted by Crippen LogP contribution is 2.18. The quantitative estimate of drug-likeness (QED) is 0.761. The molecule has 1 atom stereocenters. The van der Waals surface area contributed by atoms with Crippen molar-refractivity contribution in [2.45, 2.75) is 51.7 Å². The average Bonchev–Trinajstić information content (AvgIpc) is 3.15. The molecule has 3 rings (SSSR count). The van der Waals surface area contributed by atoms with Gasteiger partial charge in [-0.25, -0.2) is 0 Å². The van der Waals surface area contributed by atoms with Gasteiger partial charge >= 0.3 is 0 Å². The van der Waals surface area contributed by atoms with Crippen molar-refractivity contribution in [3.8, 4) is 0 Å². The SMILES string of the molecule is Cc1ccccc1CN(C[C@@H]1CCCO1)C(=O)CCN1CCCCO1. The summed E-state index contributed by atoms with van der Waals surface area (Å²) in [6.07, 6.45) is 5.09. The maximum absolute atomic E-state index is 12.9. The van der Waals surface area contributed by atoms with Crippen molar-refractivity contribution in [3.05, 3.63) is 35.4 Å². The van der Waals surface area contributed by atoms with Crippen molar-refractivity contribution in [1.82, 2.24) is 9.96 Å². The smallest absolute Gasteiger partial charge is 0.224 e. The summed E-state index contributed by atoms with van der Waals surface area (Å²) in [5, 5.41) is 1.94. The van der Waals surface area contributed by atoms with E-state index in [1.54, 1.807) is 0 Å². The van der Waals surface area contributed by atoms with Gasteiger partial charge in [0.05, 0.1) is 12.7 Å². The monoisotopic (exact) mass is 346 g/mol. The summed E-state index contributed by atoms with van der Waals surface area (Å²) in [6, 6.07) is 8.29. The van der Waals surface area contributed by atoms with Crippen molar-refractivity contribution in [3.63, 3.8) is 0 Å². The largest absolute Gasteiger partial charge is 0.376 e. The molecular weight excluding hydrogens is 316 g/mol. The fourth-order valence-electron chi connectivity index (χ4n) is 3.49. The van der Waals surface area contributed by atoms with Crippen molar-refractivity contribution in [2.75, 3.05) is 32.8 Å². The van der Waals surface area contributed by atoms with Crippen LogP contribution in [0.25, 0.3) is 0 Å². The number of benzene rings is 1. The van der Waals surface area contributed by atoms with E-state index >= 15 is 0 Å². The Balaban J connectivity index is 1.59. The molecule has 5 nitrogen and oxygen atoms in total. The molecule has 0 saturated carbocycles. The Hall–Kier alpha value is -1.43. The van der Waals surface area contributed by atoms with Crippen molar-refractivity contribution in [2.24, 2.45) is 0 Å². The van der Waals surface area contributed by atoms with Crippen LogP contribution in [0.15, 0.2) is 24.3 Å². The summed E-state index contributed by atoms with van der Waals surface area (Å²) in [4.78, 5) is 20.5. The van der Waals surface area contributed by atoms with Crippen LogP contribution >= 0.6 is 0 Å². The normalized spacial score (nSPS) is 21.4. The molecule has 2 aliphatic heterocycles. The van der Waals surface area contributed by atoms with Crippen LogP contribution < -0.4 is 0 Å². The van der Waals surface area contributed by atoms with Gasteiger partial charge in [-0.1, -0.05) is 24.3 Å². The number of hydroxylamine groups is 2. The summed E-state index contributed by atoms with van der Waals surface area (Å²) >= 11 is 0. The number of rotatable bonds is 7. The van der Waals surface area contributed by atoms with Crippen LogP contribution in [-0.2, 0) is 20.9 Å². The number of carbonyl (C=O) groups is 1. The van der Waals surface area contributed by atoms with Crippen LogP contribution in [0.4, 0.5) is 0 Å². The standard InChI is InChI=1S/C20H30N2O3/c1-17-7-2-3-8-18(17)15-21(16-19-9-6-13-24-19)20(23)10-12-22-11-4-5-14-25-22/h2-3,7-8,19H,4-6,9-16H2,1H3/t19-/m0/s1. The molecule has 2 fully saturated rings. The third-order valence-electron chi connectivity index (χ3n) is 5.07. The third kappa shape index (κ3) is 5.53. The van der Waals surface area contributed by atoms with Gasteiger partial charge in [0.2, 0.25) is 5.91 Å². The van der Waals surface area contributed by atoms with E-state index in [9.17, 15) is 4.79 Å². The highest BCUT2D eigenvalue weighted by molar-refractivity contribution is 5.76. The summed E-state index contributed by atoms with van der Waals surface area (Å²) in [7, 11) is 0. The summed E-state index contributed by atoms with van der Waals surface area (Å²) in [5.74, 6) is 0.188. The lowest BCUT2D eigenvalue weighted by molar-refractivity contribution is -0.182. The maximum Gasteiger partial charge on any atom is 0.224 e. The van der Waals surface area contributed by atoms with Gasteiger partial charge in [0.25, 0.3) is 0 Å². The maximum atomic E-state index is 12.9. The molecule has 0 aromatic heterocycles. The second-order valence-electron chi connectivity index (χ2n) is 7.06. The molecule has 0 unspecified atom stereocenters. The molecule has 2 heterocycles. The van der Waals surface area contributed by atoms with Crippen LogP contribution in [0.5, 0.6) is 0 Å². The Kier molecular flexibility index (Phi) is 6.84. The minimum absolute atomic E-state index is 0.180. The Labute approximate surface area is 150 Å².